The van der Waals surface area contributed by atoms with Crippen molar-refractivity contribution in [1.82, 2.24) is 9.97 Å². The first-order valence-corrected chi connectivity index (χ1v) is 10.6. The Morgan fingerprint density at radius 1 is 1.25 bits per heavy atom. The molecule has 7 heteroatoms. The van der Waals surface area contributed by atoms with Crippen molar-refractivity contribution in [2.75, 3.05) is 11.1 Å². The van der Waals surface area contributed by atoms with Crippen LogP contribution < -0.4 is 16.8 Å². The number of rotatable bonds is 3. The molecule has 5 N–H and O–H groups in total. The summed E-state index contributed by atoms with van der Waals surface area (Å²) in [5.74, 6) is 0.273. The van der Waals surface area contributed by atoms with Crippen molar-refractivity contribution in [3.63, 3.8) is 0 Å². The second-order valence-electron chi connectivity index (χ2n) is 9.31. The van der Waals surface area contributed by atoms with Gasteiger partial charge in [-0.2, -0.15) is 5.26 Å². The first-order valence-electron chi connectivity index (χ1n) is 10.6. The third-order valence-electron chi connectivity index (χ3n) is 6.61. The van der Waals surface area contributed by atoms with Gasteiger partial charge >= 0.3 is 0 Å². The summed E-state index contributed by atoms with van der Waals surface area (Å²) in [4.78, 5) is 21.1. The highest BCUT2D eigenvalue weighted by atomic mass is 16.1. The summed E-state index contributed by atoms with van der Waals surface area (Å²) in [7, 11) is 0. The van der Waals surface area contributed by atoms with E-state index in [9.17, 15) is 4.79 Å². The maximum absolute atomic E-state index is 12.5. The summed E-state index contributed by atoms with van der Waals surface area (Å²) in [6.07, 6.45) is 9.99. The maximum Gasteiger partial charge on any atom is 0.249 e. The van der Waals surface area contributed by atoms with Crippen LogP contribution in [0.3, 0.4) is 0 Å². The number of nitrogen functional groups attached to an aromatic ring is 1. The van der Waals surface area contributed by atoms with Crippen molar-refractivity contribution in [3.8, 4) is 17.2 Å². The number of aromatic nitrogens is 2. The molecular weight excluding hydrogens is 400 g/mol. The Balaban J connectivity index is 1.33. The number of nitriles is 1. The van der Waals surface area contributed by atoms with E-state index in [1.54, 1.807) is 18.5 Å². The predicted octanol–water partition coefficient (Wildman–Crippen LogP) is 3.85. The van der Waals surface area contributed by atoms with Crippen LogP contribution in [0.5, 0.6) is 0 Å². The van der Waals surface area contributed by atoms with Crippen molar-refractivity contribution in [1.29, 1.82) is 5.26 Å². The second kappa shape index (κ2) is 7.14. The molecule has 0 unspecified atom stereocenters. The van der Waals surface area contributed by atoms with Crippen LogP contribution in [0.2, 0.25) is 0 Å². The Morgan fingerprint density at radius 2 is 2.03 bits per heavy atom. The van der Waals surface area contributed by atoms with Crippen LogP contribution in [0.15, 0.2) is 54.5 Å². The molecule has 0 saturated heterocycles. The largest absolute Gasteiger partial charge is 0.398 e. The molecule has 2 aliphatic rings. The Bertz CT molecular complexity index is 1320. The van der Waals surface area contributed by atoms with E-state index >= 15 is 0 Å². The smallest absolute Gasteiger partial charge is 0.249 e. The summed E-state index contributed by atoms with van der Waals surface area (Å²) in [5, 5.41) is 13.7. The summed E-state index contributed by atoms with van der Waals surface area (Å²) in [6, 6.07) is 9.94. The van der Waals surface area contributed by atoms with Gasteiger partial charge in [0.25, 0.3) is 0 Å². The number of nitrogens with one attached hydrogen (secondary N) is 1. The Morgan fingerprint density at radius 3 is 2.75 bits per heavy atom. The highest BCUT2D eigenvalue weighted by molar-refractivity contribution is 6.02. The van der Waals surface area contributed by atoms with Gasteiger partial charge in [0.1, 0.15) is 11.4 Å². The number of hydrogen-bond acceptors (Lipinski definition) is 6. The molecule has 0 bridgehead atoms. The molecule has 1 amide bonds. The number of anilines is 2. The number of allylic oxidation sites excluding steroid dienone is 1. The minimum absolute atomic E-state index is 0.121. The minimum Gasteiger partial charge on any atom is -0.398 e. The van der Waals surface area contributed by atoms with Crippen molar-refractivity contribution in [3.05, 3.63) is 60.1 Å². The Labute approximate surface area is 186 Å². The van der Waals surface area contributed by atoms with E-state index < -0.39 is 5.54 Å². The molecule has 0 radical (unpaired) electrons. The van der Waals surface area contributed by atoms with E-state index in [-0.39, 0.29) is 11.3 Å². The molecule has 2 heterocycles. The molecule has 0 aliphatic heterocycles. The molecule has 1 spiro atoms. The van der Waals surface area contributed by atoms with Crippen molar-refractivity contribution >= 4 is 28.2 Å². The lowest BCUT2D eigenvalue weighted by Crippen LogP contribution is -2.60. The van der Waals surface area contributed by atoms with Gasteiger partial charge < -0.3 is 16.8 Å². The van der Waals surface area contributed by atoms with Crippen LogP contribution >= 0.6 is 0 Å². The van der Waals surface area contributed by atoms with Crippen molar-refractivity contribution in [2.45, 2.75) is 38.1 Å². The number of nitrogens with two attached hydrogens (primary N) is 2. The number of fused-ring (bicyclic) bond motifs is 1. The highest BCUT2D eigenvalue weighted by Crippen LogP contribution is 2.61. The zero-order valence-electron chi connectivity index (χ0n) is 17.9. The molecule has 2 saturated carbocycles. The molecule has 2 fully saturated rings. The van der Waals surface area contributed by atoms with E-state index in [1.807, 2.05) is 37.4 Å². The normalized spacial score (nSPS) is 23.8. The summed E-state index contributed by atoms with van der Waals surface area (Å²) in [6.45, 7) is 2.03. The van der Waals surface area contributed by atoms with Crippen LogP contribution in [0, 0.1) is 23.7 Å². The fourth-order valence-corrected chi connectivity index (χ4v) is 5.25. The molecule has 2 aromatic heterocycles. The van der Waals surface area contributed by atoms with Crippen LogP contribution in [-0.2, 0) is 4.79 Å². The lowest BCUT2D eigenvalue weighted by molar-refractivity contribution is -0.112. The first kappa shape index (κ1) is 20.2. The minimum atomic E-state index is -0.683. The topological polar surface area (TPSA) is 131 Å². The molecule has 7 nitrogen and oxygen atoms in total. The second-order valence-corrected chi connectivity index (χ2v) is 9.31. The number of amides is 1. The molecule has 2 aliphatic carbocycles. The number of benzene rings is 1. The molecule has 1 aromatic carbocycles. The van der Waals surface area contributed by atoms with E-state index in [4.69, 9.17) is 16.7 Å². The number of aryl methyl sites for hydroxylation is 1. The number of nitrogens with zero attached hydrogens (tertiary/aromatic N) is 3. The van der Waals surface area contributed by atoms with E-state index in [2.05, 4.69) is 21.4 Å². The van der Waals surface area contributed by atoms with Gasteiger partial charge in [0.2, 0.25) is 5.91 Å². The Hall–Kier alpha value is -3.76. The monoisotopic (exact) mass is 424 g/mol. The molecule has 5 rings (SSSR count). The molecular formula is C25H24N6O. The van der Waals surface area contributed by atoms with E-state index in [0.29, 0.717) is 24.3 Å². The average Bonchev–Trinajstić information content (AvgIpc) is 2.71. The fraction of sp³-hybridized carbons (Fsp3) is 0.280. The van der Waals surface area contributed by atoms with Gasteiger partial charge in [-0.25, -0.2) is 4.98 Å². The summed E-state index contributed by atoms with van der Waals surface area (Å²) < 4.78 is 0. The Kier molecular flexibility index (Phi) is 4.50. The van der Waals surface area contributed by atoms with Crippen LogP contribution in [0.25, 0.3) is 21.9 Å². The zero-order chi connectivity index (χ0) is 22.5. The van der Waals surface area contributed by atoms with Gasteiger partial charge in [0.15, 0.2) is 0 Å². The van der Waals surface area contributed by atoms with Gasteiger partial charge in [0, 0.05) is 41.3 Å². The summed E-state index contributed by atoms with van der Waals surface area (Å²) in [5.41, 5.74) is 16.5. The van der Waals surface area contributed by atoms with Crippen molar-refractivity contribution < 1.29 is 4.79 Å². The summed E-state index contributed by atoms with van der Waals surface area (Å²) >= 11 is 0. The average molecular weight is 425 g/mol. The van der Waals surface area contributed by atoms with Gasteiger partial charge in [-0.15, -0.1) is 0 Å². The standard InChI is InChI=1S/C25H24N6O/c1-15-2-3-29-10-19(15)17-5-18-7-22(30-11-20(18)21(27)6-17)31-23(32)4-16-8-24(9-16)12-25(28,13-24)14-26/h2-7,10-11H,8-9,12-13,27-28H2,1H3,(H,30,31,32). The lowest BCUT2D eigenvalue weighted by atomic mass is 9.47. The molecule has 32 heavy (non-hydrogen) atoms. The number of hydrogen-bond donors (Lipinski definition) is 3. The van der Waals surface area contributed by atoms with Crippen molar-refractivity contribution in [2.24, 2.45) is 11.1 Å². The highest BCUT2D eigenvalue weighted by Gasteiger charge is 2.57. The fourth-order valence-electron chi connectivity index (χ4n) is 5.25. The number of pyridine rings is 2. The van der Waals surface area contributed by atoms with Crippen LogP contribution in [0.1, 0.15) is 31.2 Å². The maximum atomic E-state index is 12.5. The SMILES string of the molecule is Cc1ccncc1-c1cc(N)c2cnc(NC(=O)C=C3CC4(C3)CC(N)(C#N)C4)cc2c1. The van der Waals surface area contributed by atoms with Gasteiger partial charge in [-0.3, -0.25) is 9.78 Å². The van der Waals surface area contributed by atoms with Crippen LogP contribution in [-0.4, -0.2) is 21.4 Å². The lowest BCUT2D eigenvalue weighted by Gasteiger charge is -2.57. The van der Waals surface area contributed by atoms with Gasteiger partial charge in [-0.05, 0) is 78.8 Å². The third kappa shape index (κ3) is 3.49. The van der Waals surface area contributed by atoms with Crippen LogP contribution in [0.4, 0.5) is 11.5 Å². The number of carbonyl (C=O) groups is 1. The first-order chi connectivity index (χ1) is 15.3. The van der Waals surface area contributed by atoms with E-state index in [0.717, 1.165) is 45.9 Å². The molecule has 160 valence electrons. The molecule has 3 aromatic rings. The quantitative estimate of drug-likeness (QED) is 0.432. The van der Waals surface area contributed by atoms with Gasteiger partial charge in [-0.1, -0.05) is 5.57 Å². The predicted molar refractivity (Wildman–Crippen MR) is 124 cm³/mol. The zero-order valence-corrected chi connectivity index (χ0v) is 17.9. The number of carbonyl (C=O) groups excluding carboxylic acids is 1. The molecule has 0 atom stereocenters. The van der Waals surface area contributed by atoms with Gasteiger partial charge in [0.05, 0.1) is 6.07 Å². The third-order valence-corrected chi connectivity index (χ3v) is 6.61. The van der Waals surface area contributed by atoms with E-state index in [1.165, 1.54) is 0 Å².